The van der Waals surface area contributed by atoms with E-state index in [1.165, 1.54) is 22.7 Å². The third kappa shape index (κ3) is 14.0. The molecule has 2 aromatic heterocycles. The summed E-state index contributed by atoms with van der Waals surface area (Å²) in [6.45, 7) is 6.15. The molecule has 52 heavy (non-hydrogen) atoms. The highest BCUT2D eigenvalue weighted by molar-refractivity contribution is 7.10. The van der Waals surface area contributed by atoms with E-state index in [9.17, 15) is 48.9 Å². The predicted octanol–water partition coefficient (Wildman–Crippen LogP) is 0.380. The molecule has 0 aliphatic carbocycles. The topological polar surface area (TPSA) is 266 Å². The van der Waals surface area contributed by atoms with Crippen LogP contribution in [0.1, 0.15) is 63.1 Å². The number of hydrogen-bond donors (Lipinski definition) is 9. The Morgan fingerprint density at radius 1 is 0.673 bits per heavy atom. The molecule has 0 fully saturated rings. The number of aliphatic carboxylic acids is 2. The zero-order valence-electron chi connectivity index (χ0n) is 29.6. The average Bonchev–Trinajstić information content (AvgIpc) is 3.83. The lowest BCUT2D eigenvalue weighted by Gasteiger charge is -2.29. The van der Waals surface area contributed by atoms with Gasteiger partial charge < -0.3 is 47.6 Å². The standard InChI is InChI=1S/C34H50N6O10S2/c1-5-18(3)27(35)32(47)39-25(17-41)31(46)36-22(11-12-26(42)43)29(44)40-28(19(4)6-2)33(48)37-23(15-20-9-7-13-51-20)30(45)38-24(34(49)50)16-21-10-8-14-52-21/h7-10,13-14,18-19,22-25,27-28,41H,5-6,11-12,15-17,35H2,1-4H3,(H,36,46)(H,37,48)(H,38,45)(H,39,47)(H,40,44)(H,42,43)(H,49,50)/t18-,19-,22-,23-,24-,25-,27-,28-/m0/s1. The fraction of sp³-hybridized carbons (Fsp3) is 0.559. The van der Waals surface area contributed by atoms with Crippen molar-refractivity contribution in [3.05, 3.63) is 44.8 Å². The van der Waals surface area contributed by atoms with Gasteiger partial charge in [0.2, 0.25) is 29.5 Å². The van der Waals surface area contributed by atoms with Crippen LogP contribution in [0.15, 0.2) is 35.0 Å². The largest absolute Gasteiger partial charge is 0.481 e. The molecule has 0 saturated carbocycles. The fourth-order valence-electron chi connectivity index (χ4n) is 4.94. The Bertz CT molecular complexity index is 1490. The number of nitrogens with two attached hydrogens (primary N) is 1. The summed E-state index contributed by atoms with van der Waals surface area (Å²) in [5, 5.41) is 45.0. The van der Waals surface area contributed by atoms with Gasteiger partial charge in [-0.25, -0.2) is 4.79 Å². The van der Waals surface area contributed by atoms with Crippen molar-refractivity contribution in [2.45, 2.75) is 102 Å². The summed E-state index contributed by atoms with van der Waals surface area (Å²) in [4.78, 5) is 91.7. The van der Waals surface area contributed by atoms with Crippen LogP contribution in [0.5, 0.6) is 0 Å². The quantitative estimate of drug-likeness (QED) is 0.0747. The second-order valence-corrected chi connectivity index (χ2v) is 14.6. The van der Waals surface area contributed by atoms with E-state index in [0.717, 1.165) is 9.75 Å². The summed E-state index contributed by atoms with van der Waals surface area (Å²) in [6, 6.07) is -0.776. The van der Waals surface area contributed by atoms with Gasteiger partial charge in [-0.1, -0.05) is 52.7 Å². The first-order chi connectivity index (χ1) is 24.6. The fourth-order valence-corrected chi connectivity index (χ4v) is 6.45. The molecular weight excluding hydrogens is 717 g/mol. The normalized spacial score (nSPS) is 15.7. The van der Waals surface area contributed by atoms with Gasteiger partial charge in [-0.3, -0.25) is 28.8 Å². The number of thiophene rings is 2. The number of aliphatic hydroxyl groups excluding tert-OH is 1. The van der Waals surface area contributed by atoms with Crippen LogP contribution in [-0.2, 0) is 46.4 Å². The number of aliphatic hydroxyl groups is 1. The third-order valence-electron chi connectivity index (χ3n) is 8.67. The van der Waals surface area contributed by atoms with E-state index >= 15 is 0 Å². The summed E-state index contributed by atoms with van der Waals surface area (Å²) in [7, 11) is 0. The summed E-state index contributed by atoms with van der Waals surface area (Å²) < 4.78 is 0. The number of rotatable bonds is 23. The minimum Gasteiger partial charge on any atom is -0.481 e. The van der Waals surface area contributed by atoms with E-state index in [4.69, 9.17) is 5.73 Å². The molecule has 2 heterocycles. The lowest BCUT2D eigenvalue weighted by Crippen LogP contribution is -2.61. The van der Waals surface area contributed by atoms with E-state index in [0.29, 0.717) is 12.8 Å². The van der Waals surface area contributed by atoms with Gasteiger partial charge in [0.15, 0.2) is 0 Å². The number of carboxylic acid groups (broad SMARTS) is 2. The number of carboxylic acids is 2. The molecule has 0 aliphatic rings. The molecule has 18 heteroatoms. The molecule has 2 aromatic rings. The van der Waals surface area contributed by atoms with Crippen molar-refractivity contribution >= 4 is 64.1 Å². The SMILES string of the molecule is CC[C@H](C)[C@H](N)C(=O)N[C@@H](CO)C(=O)N[C@@H](CCC(=O)O)C(=O)N[C@H](C(=O)N[C@@H](Cc1cccs1)C(=O)N[C@@H](Cc1cccs1)C(=O)O)[C@@H](C)CC. The van der Waals surface area contributed by atoms with Crippen molar-refractivity contribution in [1.82, 2.24) is 26.6 Å². The van der Waals surface area contributed by atoms with Crippen molar-refractivity contribution < 1.29 is 48.9 Å². The zero-order valence-corrected chi connectivity index (χ0v) is 31.3. The van der Waals surface area contributed by atoms with Crippen LogP contribution in [0.4, 0.5) is 0 Å². The Morgan fingerprint density at radius 3 is 1.63 bits per heavy atom. The van der Waals surface area contributed by atoms with Crippen LogP contribution >= 0.6 is 22.7 Å². The van der Waals surface area contributed by atoms with Gasteiger partial charge in [-0.05, 0) is 41.1 Å². The second-order valence-electron chi connectivity index (χ2n) is 12.5. The van der Waals surface area contributed by atoms with Gasteiger partial charge >= 0.3 is 11.9 Å². The van der Waals surface area contributed by atoms with Crippen molar-refractivity contribution in [1.29, 1.82) is 0 Å². The molecule has 8 atom stereocenters. The monoisotopic (exact) mass is 766 g/mol. The molecular formula is C34H50N6O10S2. The Hall–Kier alpha value is -4.39. The smallest absolute Gasteiger partial charge is 0.326 e. The number of carbonyl (C=O) groups is 7. The van der Waals surface area contributed by atoms with Crippen molar-refractivity contribution in [2.75, 3.05) is 6.61 Å². The van der Waals surface area contributed by atoms with Crippen molar-refractivity contribution in [3.8, 4) is 0 Å². The third-order valence-corrected chi connectivity index (χ3v) is 10.5. The van der Waals surface area contributed by atoms with Gasteiger partial charge in [0.05, 0.1) is 12.6 Å². The molecule has 0 aromatic carbocycles. The Morgan fingerprint density at radius 2 is 1.15 bits per heavy atom. The van der Waals surface area contributed by atoms with E-state index in [-0.39, 0.29) is 18.8 Å². The number of hydrogen-bond acceptors (Lipinski definition) is 11. The van der Waals surface area contributed by atoms with Gasteiger partial charge in [-0.2, -0.15) is 0 Å². The Balaban J connectivity index is 2.29. The molecule has 288 valence electrons. The zero-order chi connectivity index (χ0) is 39.0. The van der Waals surface area contributed by atoms with Gasteiger partial charge in [-0.15, -0.1) is 22.7 Å². The number of amides is 5. The van der Waals surface area contributed by atoms with Crippen LogP contribution in [-0.4, -0.2) is 99.7 Å². The van der Waals surface area contributed by atoms with Gasteiger partial charge in [0, 0.05) is 29.0 Å². The van der Waals surface area contributed by atoms with E-state index < -0.39 is 103 Å². The van der Waals surface area contributed by atoms with Gasteiger partial charge in [0.1, 0.15) is 30.2 Å². The van der Waals surface area contributed by atoms with Crippen LogP contribution < -0.4 is 32.3 Å². The van der Waals surface area contributed by atoms with E-state index in [1.807, 2.05) is 6.92 Å². The highest BCUT2D eigenvalue weighted by atomic mass is 32.1. The summed E-state index contributed by atoms with van der Waals surface area (Å²) >= 11 is 2.66. The molecule has 0 radical (unpaired) electrons. The maximum atomic E-state index is 13.8. The molecule has 10 N–H and O–H groups in total. The van der Waals surface area contributed by atoms with Crippen LogP contribution in [0.3, 0.4) is 0 Å². The molecule has 2 rings (SSSR count). The van der Waals surface area contributed by atoms with E-state index in [1.54, 1.807) is 55.8 Å². The van der Waals surface area contributed by atoms with Gasteiger partial charge in [0.25, 0.3) is 0 Å². The predicted molar refractivity (Wildman–Crippen MR) is 194 cm³/mol. The summed E-state index contributed by atoms with van der Waals surface area (Å²) in [5.74, 6) is -7.42. The first kappa shape index (κ1) is 43.8. The lowest BCUT2D eigenvalue weighted by atomic mass is 9.96. The second kappa shape index (κ2) is 21.9. The minimum absolute atomic E-state index is 0.0218. The highest BCUT2D eigenvalue weighted by Gasteiger charge is 2.35. The average molecular weight is 767 g/mol. The first-order valence-corrected chi connectivity index (χ1v) is 18.7. The minimum atomic E-state index is -1.51. The maximum absolute atomic E-state index is 13.8. The van der Waals surface area contributed by atoms with E-state index in [2.05, 4.69) is 26.6 Å². The molecule has 16 nitrogen and oxygen atoms in total. The molecule has 0 unspecified atom stereocenters. The Labute approximate surface area is 310 Å². The molecule has 0 saturated heterocycles. The van der Waals surface area contributed by atoms with Crippen LogP contribution in [0.2, 0.25) is 0 Å². The van der Waals surface area contributed by atoms with Crippen molar-refractivity contribution in [3.63, 3.8) is 0 Å². The summed E-state index contributed by atoms with van der Waals surface area (Å²) in [6.07, 6.45) is 0.0539. The van der Waals surface area contributed by atoms with Crippen LogP contribution in [0, 0.1) is 11.8 Å². The molecule has 0 aliphatic heterocycles. The first-order valence-electron chi connectivity index (χ1n) is 17.0. The van der Waals surface area contributed by atoms with Crippen molar-refractivity contribution in [2.24, 2.45) is 17.6 Å². The Kier molecular flexibility index (Phi) is 18.4. The lowest BCUT2D eigenvalue weighted by molar-refractivity contribution is -0.142. The van der Waals surface area contributed by atoms with Crippen LogP contribution in [0.25, 0.3) is 0 Å². The molecule has 0 spiro atoms. The highest BCUT2D eigenvalue weighted by Crippen LogP contribution is 2.16. The molecule has 5 amide bonds. The maximum Gasteiger partial charge on any atom is 0.326 e. The number of nitrogens with one attached hydrogen (secondary N) is 5. The molecule has 0 bridgehead atoms. The summed E-state index contributed by atoms with van der Waals surface area (Å²) in [5.41, 5.74) is 5.94. The number of carbonyl (C=O) groups excluding carboxylic acids is 5.